The molecule has 1 saturated heterocycles. The van der Waals surface area contributed by atoms with Crippen molar-refractivity contribution < 1.29 is 13.9 Å². The molecule has 0 spiro atoms. The van der Waals surface area contributed by atoms with Gasteiger partial charge in [0.2, 0.25) is 0 Å². The van der Waals surface area contributed by atoms with E-state index in [1.54, 1.807) is 4.90 Å². The number of rotatable bonds is 2. The minimum atomic E-state index is -0.504. The molecular formula is C17H26FN3O2. The van der Waals surface area contributed by atoms with E-state index in [0.717, 1.165) is 11.1 Å². The fraction of sp³-hybridized carbons (Fsp3) is 0.588. The lowest BCUT2D eigenvalue weighted by molar-refractivity contribution is 0.0240. The number of amides is 1. The third-order valence-electron chi connectivity index (χ3n) is 3.90. The average molecular weight is 323 g/mol. The van der Waals surface area contributed by atoms with Crippen LogP contribution in [0.4, 0.5) is 14.9 Å². The predicted octanol–water partition coefficient (Wildman–Crippen LogP) is 2.65. The first-order valence-corrected chi connectivity index (χ1v) is 7.93. The van der Waals surface area contributed by atoms with E-state index < -0.39 is 5.60 Å². The SMILES string of the molecule is Cc1cc(N2CCN(C(=O)OC(C)(C)C)CC2)c(F)cc1CN. The van der Waals surface area contributed by atoms with Crippen LogP contribution in [0.1, 0.15) is 31.9 Å². The van der Waals surface area contributed by atoms with Crippen molar-refractivity contribution in [2.75, 3.05) is 31.1 Å². The molecule has 5 nitrogen and oxygen atoms in total. The third-order valence-corrected chi connectivity index (χ3v) is 3.90. The quantitative estimate of drug-likeness (QED) is 0.909. The molecule has 6 heteroatoms. The molecule has 1 heterocycles. The number of halogens is 1. The zero-order valence-electron chi connectivity index (χ0n) is 14.4. The van der Waals surface area contributed by atoms with Gasteiger partial charge in [0.05, 0.1) is 5.69 Å². The molecule has 0 bridgehead atoms. The van der Waals surface area contributed by atoms with Crippen molar-refractivity contribution in [3.63, 3.8) is 0 Å². The first-order chi connectivity index (χ1) is 10.7. The lowest BCUT2D eigenvalue weighted by atomic mass is 10.1. The average Bonchev–Trinajstić information content (AvgIpc) is 2.47. The second-order valence-electron chi connectivity index (χ2n) is 6.89. The number of benzene rings is 1. The molecule has 128 valence electrons. The van der Waals surface area contributed by atoms with E-state index in [1.807, 2.05) is 38.7 Å². The number of anilines is 1. The van der Waals surface area contributed by atoms with Gasteiger partial charge in [0, 0.05) is 32.7 Å². The van der Waals surface area contributed by atoms with Crippen molar-refractivity contribution in [3.05, 3.63) is 29.1 Å². The van der Waals surface area contributed by atoms with Crippen LogP contribution in [0.3, 0.4) is 0 Å². The fourth-order valence-electron chi connectivity index (χ4n) is 2.63. The Balaban J connectivity index is 2.02. The van der Waals surface area contributed by atoms with Gasteiger partial charge in [-0.1, -0.05) is 0 Å². The largest absolute Gasteiger partial charge is 0.444 e. The van der Waals surface area contributed by atoms with Crippen molar-refractivity contribution >= 4 is 11.8 Å². The van der Waals surface area contributed by atoms with E-state index in [-0.39, 0.29) is 11.9 Å². The number of carbonyl (C=O) groups is 1. The van der Waals surface area contributed by atoms with Crippen LogP contribution < -0.4 is 10.6 Å². The molecule has 0 aliphatic carbocycles. The number of aryl methyl sites for hydroxylation is 1. The van der Waals surface area contributed by atoms with Crippen molar-refractivity contribution in [2.45, 2.75) is 39.8 Å². The van der Waals surface area contributed by atoms with Crippen LogP contribution in [0.2, 0.25) is 0 Å². The Morgan fingerprint density at radius 3 is 2.39 bits per heavy atom. The molecule has 2 rings (SSSR count). The Hall–Kier alpha value is -1.82. The normalized spacial score (nSPS) is 15.7. The lowest BCUT2D eigenvalue weighted by Gasteiger charge is -2.37. The van der Waals surface area contributed by atoms with Crippen molar-refractivity contribution in [1.29, 1.82) is 0 Å². The minimum absolute atomic E-state index is 0.262. The number of hydrogen-bond acceptors (Lipinski definition) is 4. The van der Waals surface area contributed by atoms with Crippen LogP contribution in [0.15, 0.2) is 12.1 Å². The van der Waals surface area contributed by atoms with Crippen LogP contribution in [-0.4, -0.2) is 42.8 Å². The number of piperazine rings is 1. The predicted molar refractivity (Wildman–Crippen MR) is 89.0 cm³/mol. The summed E-state index contributed by atoms with van der Waals surface area (Å²) in [6, 6.07) is 3.34. The highest BCUT2D eigenvalue weighted by molar-refractivity contribution is 5.68. The Morgan fingerprint density at radius 1 is 1.26 bits per heavy atom. The van der Waals surface area contributed by atoms with Gasteiger partial charge < -0.3 is 20.3 Å². The summed E-state index contributed by atoms with van der Waals surface area (Å²) >= 11 is 0. The van der Waals surface area contributed by atoms with Gasteiger partial charge in [-0.15, -0.1) is 0 Å². The Bertz CT molecular complexity index is 576. The summed E-state index contributed by atoms with van der Waals surface area (Å²) in [7, 11) is 0. The van der Waals surface area contributed by atoms with Gasteiger partial charge in [-0.3, -0.25) is 0 Å². The molecule has 1 aliphatic heterocycles. The minimum Gasteiger partial charge on any atom is -0.444 e. The Morgan fingerprint density at radius 2 is 1.87 bits per heavy atom. The molecule has 2 N–H and O–H groups in total. The van der Waals surface area contributed by atoms with Gasteiger partial charge in [-0.05, 0) is 51.0 Å². The molecule has 0 atom stereocenters. The smallest absolute Gasteiger partial charge is 0.410 e. The fourth-order valence-corrected chi connectivity index (χ4v) is 2.63. The van der Waals surface area contributed by atoms with Crippen molar-refractivity contribution in [1.82, 2.24) is 4.90 Å². The summed E-state index contributed by atoms with van der Waals surface area (Å²) in [6.07, 6.45) is -0.313. The summed E-state index contributed by atoms with van der Waals surface area (Å²) in [4.78, 5) is 15.7. The van der Waals surface area contributed by atoms with Gasteiger partial charge in [0.25, 0.3) is 0 Å². The second-order valence-corrected chi connectivity index (χ2v) is 6.89. The Kier molecular flexibility index (Phi) is 5.14. The zero-order chi connectivity index (χ0) is 17.2. The van der Waals surface area contributed by atoms with Crippen LogP contribution in [0, 0.1) is 12.7 Å². The van der Waals surface area contributed by atoms with E-state index >= 15 is 0 Å². The highest BCUT2D eigenvalue weighted by atomic mass is 19.1. The molecule has 1 aromatic rings. The van der Waals surface area contributed by atoms with Crippen molar-refractivity contribution in [3.8, 4) is 0 Å². The molecule has 1 fully saturated rings. The molecule has 1 amide bonds. The summed E-state index contributed by atoms with van der Waals surface area (Å²) in [5.41, 5.74) is 7.48. The van der Waals surface area contributed by atoms with E-state index in [4.69, 9.17) is 10.5 Å². The molecule has 1 aromatic carbocycles. The highest BCUT2D eigenvalue weighted by Crippen LogP contribution is 2.25. The topological polar surface area (TPSA) is 58.8 Å². The molecule has 23 heavy (non-hydrogen) atoms. The second kappa shape index (κ2) is 6.74. The highest BCUT2D eigenvalue weighted by Gasteiger charge is 2.27. The van der Waals surface area contributed by atoms with E-state index in [9.17, 15) is 9.18 Å². The number of nitrogens with two attached hydrogens (primary N) is 1. The van der Waals surface area contributed by atoms with Crippen LogP contribution >= 0.6 is 0 Å². The monoisotopic (exact) mass is 323 g/mol. The Labute approximate surface area is 137 Å². The zero-order valence-corrected chi connectivity index (χ0v) is 14.4. The van der Waals surface area contributed by atoms with Gasteiger partial charge >= 0.3 is 6.09 Å². The molecule has 0 aromatic heterocycles. The maximum Gasteiger partial charge on any atom is 0.410 e. The molecule has 1 aliphatic rings. The van der Waals surface area contributed by atoms with Gasteiger partial charge in [-0.25, -0.2) is 9.18 Å². The molecule has 0 unspecified atom stereocenters. The summed E-state index contributed by atoms with van der Waals surface area (Å²) in [5.74, 6) is -0.262. The number of ether oxygens (including phenoxy) is 1. The number of hydrogen-bond donors (Lipinski definition) is 1. The maximum atomic E-state index is 14.3. The first-order valence-electron chi connectivity index (χ1n) is 7.93. The van der Waals surface area contributed by atoms with E-state index in [2.05, 4.69) is 0 Å². The molecule has 0 radical (unpaired) electrons. The maximum absolute atomic E-state index is 14.3. The number of carbonyl (C=O) groups excluding carboxylic acids is 1. The van der Waals surface area contributed by atoms with Crippen LogP contribution in [0.25, 0.3) is 0 Å². The van der Waals surface area contributed by atoms with Gasteiger partial charge in [-0.2, -0.15) is 0 Å². The number of nitrogens with zero attached hydrogens (tertiary/aromatic N) is 2. The van der Waals surface area contributed by atoms with Gasteiger partial charge in [0.15, 0.2) is 0 Å². The molecule has 0 saturated carbocycles. The third kappa shape index (κ3) is 4.34. The summed E-state index contributed by atoms with van der Waals surface area (Å²) in [6.45, 7) is 10.00. The van der Waals surface area contributed by atoms with E-state index in [0.29, 0.717) is 38.4 Å². The van der Waals surface area contributed by atoms with E-state index in [1.165, 1.54) is 6.07 Å². The first kappa shape index (κ1) is 17.5. The lowest BCUT2D eigenvalue weighted by Crippen LogP contribution is -2.50. The van der Waals surface area contributed by atoms with Crippen molar-refractivity contribution in [2.24, 2.45) is 5.73 Å². The molecular weight excluding hydrogens is 297 g/mol. The standard InChI is InChI=1S/C17H26FN3O2/c1-12-9-15(14(18)10-13(12)11-19)20-5-7-21(8-6-20)16(22)23-17(2,3)4/h9-10H,5-8,11,19H2,1-4H3. The summed E-state index contributed by atoms with van der Waals surface area (Å²) in [5, 5.41) is 0. The van der Waals surface area contributed by atoms with Crippen LogP contribution in [0.5, 0.6) is 0 Å². The van der Waals surface area contributed by atoms with Crippen LogP contribution in [-0.2, 0) is 11.3 Å². The van der Waals surface area contributed by atoms with Gasteiger partial charge in [0.1, 0.15) is 11.4 Å². The summed E-state index contributed by atoms with van der Waals surface area (Å²) < 4.78 is 19.6.